The molecule has 0 radical (unpaired) electrons. The number of benzene rings is 2. The van der Waals surface area contributed by atoms with E-state index in [-0.39, 0.29) is 17.5 Å². The maximum atomic E-state index is 11.3. The summed E-state index contributed by atoms with van der Waals surface area (Å²) in [4.78, 5) is 19.1. The highest BCUT2D eigenvalue weighted by molar-refractivity contribution is 6.04. The van der Waals surface area contributed by atoms with Crippen LogP contribution >= 0.6 is 0 Å². The predicted octanol–water partition coefficient (Wildman–Crippen LogP) is 1.07. The molecule has 2 aromatic carbocycles. The highest BCUT2D eigenvalue weighted by Gasteiger charge is 2.14. The molecule has 0 aliphatic rings. The van der Waals surface area contributed by atoms with Gasteiger partial charge in [-0.15, -0.1) is 0 Å². The minimum Gasteiger partial charge on any atom is -0.478 e. The van der Waals surface area contributed by atoms with Gasteiger partial charge in [0.2, 0.25) is 5.96 Å². The van der Waals surface area contributed by atoms with E-state index in [1.54, 1.807) is 19.1 Å². The minimum atomic E-state index is -1.03. The van der Waals surface area contributed by atoms with Crippen LogP contribution in [0.1, 0.15) is 15.9 Å². The fraction of sp³-hybridized carbons (Fsp3) is 0.0714. The highest BCUT2D eigenvalue weighted by Crippen LogP contribution is 2.32. The van der Waals surface area contributed by atoms with Gasteiger partial charge in [-0.2, -0.15) is 4.99 Å². The molecule has 0 aliphatic carbocycles. The van der Waals surface area contributed by atoms with Crippen molar-refractivity contribution in [2.24, 2.45) is 27.2 Å². The Morgan fingerprint density at radius 1 is 1.19 bits per heavy atom. The maximum Gasteiger partial charge on any atom is 0.336 e. The van der Waals surface area contributed by atoms with Crippen LogP contribution in [-0.2, 0) is 0 Å². The summed E-state index contributed by atoms with van der Waals surface area (Å²) in [6, 6.07) is 8.88. The largest absolute Gasteiger partial charge is 0.478 e. The molecule has 7 nitrogen and oxygen atoms in total. The average molecular weight is 285 g/mol. The number of aromatic carboxylic acids is 1. The van der Waals surface area contributed by atoms with E-state index in [0.29, 0.717) is 11.3 Å². The fourth-order valence-corrected chi connectivity index (χ4v) is 2.07. The standard InChI is InChI=1S/C14H15N5O2/c1-7-10(12(20)21)6-8-4-2-3-5-9(8)11(7)18-14(17)19-13(15)16/h2-6H,1H3,(H,20,21)(H6,15,16,17,18,19). The molecule has 0 fully saturated rings. The molecular weight excluding hydrogens is 270 g/mol. The van der Waals surface area contributed by atoms with Crippen molar-refractivity contribution >= 4 is 34.3 Å². The van der Waals surface area contributed by atoms with Gasteiger partial charge in [-0.3, -0.25) is 0 Å². The molecule has 2 aromatic rings. The second-order valence-corrected chi connectivity index (χ2v) is 4.43. The van der Waals surface area contributed by atoms with Gasteiger partial charge in [0.05, 0.1) is 11.3 Å². The van der Waals surface area contributed by atoms with Crippen LogP contribution in [0.5, 0.6) is 0 Å². The summed E-state index contributed by atoms with van der Waals surface area (Å²) in [5, 5.41) is 10.8. The Labute approximate surface area is 120 Å². The monoisotopic (exact) mass is 285 g/mol. The van der Waals surface area contributed by atoms with Crippen molar-refractivity contribution in [3.63, 3.8) is 0 Å². The molecule has 0 bridgehead atoms. The molecule has 2 rings (SSSR count). The third-order valence-electron chi connectivity index (χ3n) is 2.98. The van der Waals surface area contributed by atoms with E-state index in [2.05, 4.69) is 9.98 Å². The SMILES string of the molecule is Cc1c(C(=O)O)cc2ccccc2c1N=C(N)N=C(N)N. The van der Waals surface area contributed by atoms with Gasteiger partial charge in [-0.25, -0.2) is 9.79 Å². The molecule has 0 spiro atoms. The quantitative estimate of drug-likeness (QED) is 0.482. The van der Waals surface area contributed by atoms with Crippen molar-refractivity contribution in [2.75, 3.05) is 0 Å². The molecule has 7 heteroatoms. The normalized spacial score (nSPS) is 11.4. The molecule has 21 heavy (non-hydrogen) atoms. The number of nitrogens with two attached hydrogens (primary N) is 3. The fourth-order valence-electron chi connectivity index (χ4n) is 2.07. The number of carbonyl (C=O) groups is 1. The summed E-state index contributed by atoms with van der Waals surface area (Å²) < 4.78 is 0. The zero-order chi connectivity index (χ0) is 15.6. The van der Waals surface area contributed by atoms with Gasteiger partial charge in [0.25, 0.3) is 0 Å². The van der Waals surface area contributed by atoms with Crippen LogP contribution < -0.4 is 17.2 Å². The van der Waals surface area contributed by atoms with Gasteiger partial charge in [0.1, 0.15) is 0 Å². The van der Waals surface area contributed by atoms with E-state index in [9.17, 15) is 9.90 Å². The number of aliphatic imine (C=N–C) groups is 2. The molecule has 0 aromatic heterocycles. The van der Waals surface area contributed by atoms with Gasteiger partial charge in [0, 0.05) is 5.39 Å². The smallest absolute Gasteiger partial charge is 0.336 e. The molecule has 0 unspecified atom stereocenters. The zero-order valence-electron chi connectivity index (χ0n) is 11.4. The topological polar surface area (TPSA) is 140 Å². The van der Waals surface area contributed by atoms with Gasteiger partial charge in [-0.1, -0.05) is 24.3 Å². The minimum absolute atomic E-state index is 0.134. The number of rotatable bonds is 2. The lowest BCUT2D eigenvalue weighted by Crippen LogP contribution is -2.26. The predicted molar refractivity (Wildman–Crippen MR) is 82.7 cm³/mol. The Kier molecular flexibility index (Phi) is 3.75. The van der Waals surface area contributed by atoms with Gasteiger partial charge in [-0.05, 0) is 23.9 Å². The molecule has 0 amide bonds. The average Bonchev–Trinajstić information content (AvgIpc) is 2.40. The van der Waals surface area contributed by atoms with E-state index in [1.165, 1.54) is 0 Å². The summed E-state index contributed by atoms with van der Waals surface area (Å²) in [6.07, 6.45) is 0. The molecule has 0 atom stereocenters. The molecule has 0 saturated carbocycles. The van der Waals surface area contributed by atoms with E-state index < -0.39 is 5.97 Å². The molecule has 0 saturated heterocycles. The number of carboxylic acids is 1. The van der Waals surface area contributed by atoms with Gasteiger partial charge >= 0.3 is 5.97 Å². The van der Waals surface area contributed by atoms with Crippen LogP contribution in [0, 0.1) is 6.92 Å². The second kappa shape index (κ2) is 5.49. The van der Waals surface area contributed by atoms with E-state index in [4.69, 9.17) is 17.2 Å². The zero-order valence-corrected chi connectivity index (χ0v) is 11.4. The number of nitrogens with zero attached hydrogens (tertiary/aromatic N) is 2. The highest BCUT2D eigenvalue weighted by atomic mass is 16.4. The Balaban J connectivity index is 2.79. The van der Waals surface area contributed by atoms with Gasteiger partial charge < -0.3 is 22.3 Å². The first-order chi connectivity index (χ1) is 9.90. The Morgan fingerprint density at radius 2 is 1.86 bits per heavy atom. The van der Waals surface area contributed by atoms with E-state index in [0.717, 1.165) is 10.8 Å². The molecule has 108 valence electrons. The Bertz CT molecular complexity index is 776. The van der Waals surface area contributed by atoms with Crippen molar-refractivity contribution in [1.82, 2.24) is 0 Å². The summed E-state index contributed by atoms with van der Waals surface area (Å²) in [5.74, 6) is -1.38. The van der Waals surface area contributed by atoms with E-state index in [1.807, 2.05) is 18.2 Å². The number of carboxylic acid groups (broad SMARTS) is 1. The molecule has 7 N–H and O–H groups in total. The Morgan fingerprint density at radius 3 is 2.48 bits per heavy atom. The number of guanidine groups is 2. The van der Waals surface area contributed by atoms with Crippen LogP contribution in [0.2, 0.25) is 0 Å². The van der Waals surface area contributed by atoms with Crippen LogP contribution in [-0.4, -0.2) is 23.0 Å². The van der Waals surface area contributed by atoms with Crippen molar-refractivity contribution in [3.8, 4) is 0 Å². The number of fused-ring (bicyclic) bond motifs is 1. The summed E-state index contributed by atoms with van der Waals surface area (Å²) >= 11 is 0. The molecular formula is C14H15N5O2. The lowest BCUT2D eigenvalue weighted by molar-refractivity contribution is 0.0696. The lowest BCUT2D eigenvalue weighted by atomic mass is 9.99. The van der Waals surface area contributed by atoms with E-state index >= 15 is 0 Å². The van der Waals surface area contributed by atoms with Crippen molar-refractivity contribution in [2.45, 2.75) is 6.92 Å². The summed E-state index contributed by atoms with van der Waals surface area (Å²) in [5.41, 5.74) is 17.2. The third-order valence-corrected chi connectivity index (χ3v) is 2.98. The number of hydrogen-bond acceptors (Lipinski definition) is 2. The van der Waals surface area contributed by atoms with Crippen LogP contribution in [0.3, 0.4) is 0 Å². The lowest BCUT2D eigenvalue weighted by Gasteiger charge is -2.10. The van der Waals surface area contributed by atoms with Crippen LogP contribution in [0.4, 0.5) is 5.69 Å². The van der Waals surface area contributed by atoms with Crippen molar-refractivity contribution in [1.29, 1.82) is 0 Å². The maximum absolute atomic E-state index is 11.3. The van der Waals surface area contributed by atoms with Crippen molar-refractivity contribution < 1.29 is 9.90 Å². The first-order valence-corrected chi connectivity index (χ1v) is 6.09. The Hall–Kier alpha value is -3.09. The number of hydrogen-bond donors (Lipinski definition) is 4. The van der Waals surface area contributed by atoms with Crippen LogP contribution in [0.15, 0.2) is 40.3 Å². The third kappa shape index (κ3) is 2.92. The second-order valence-electron chi connectivity index (χ2n) is 4.43. The van der Waals surface area contributed by atoms with Crippen LogP contribution in [0.25, 0.3) is 10.8 Å². The summed E-state index contributed by atoms with van der Waals surface area (Å²) in [6.45, 7) is 1.66. The first-order valence-electron chi connectivity index (χ1n) is 6.09. The van der Waals surface area contributed by atoms with Crippen molar-refractivity contribution in [3.05, 3.63) is 41.5 Å². The first kappa shape index (κ1) is 14.3. The summed E-state index contributed by atoms with van der Waals surface area (Å²) in [7, 11) is 0. The van der Waals surface area contributed by atoms with Gasteiger partial charge in [0.15, 0.2) is 5.96 Å². The molecule has 0 aliphatic heterocycles. The molecule has 0 heterocycles.